The molecule has 0 aliphatic carbocycles. The number of likely N-dealkylation sites (N-methyl/N-ethyl adjacent to an activating group) is 1. The summed E-state index contributed by atoms with van der Waals surface area (Å²) < 4.78 is 5.21. The fourth-order valence-corrected chi connectivity index (χ4v) is 3.01. The van der Waals surface area contributed by atoms with Crippen LogP contribution in [0.15, 0.2) is 48.5 Å². The lowest BCUT2D eigenvalue weighted by Crippen LogP contribution is -2.52. The number of rotatable bonds is 8. The van der Waals surface area contributed by atoms with Crippen LogP contribution in [-0.2, 0) is 9.59 Å². The van der Waals surface area contributed by atoms with Crippen molar-refractivity contribution in [2.75, 3.05) is 31.3 Å². The molecule has 2 aromatic carbocycles. The van der Waals surface area contributed by atoms with Gasteiger partial charge in [0.2, 0.25) is 11.8 Å². The molecule has 0 saturated carbocycles. The van der Waals surface area contributed by atoms with E-state index in [2.05, 4.69) is 16.0 Å². The van der Waals surface area contributed by atoms with E-state index in [-0.39, 0.29) is 18.4 Å². The number of anilines is 2. The van der Waals surface area contributed by atoms with Crippen molar-refractivity contribution in [1.29, 1.82) is 0 Å². The van der Waals surface area contributed by atoms with Crippen LogP contribution in [0.5, 0.6) is 5.75 Å². The van der Waals surface area contributed by atoms with Crippen LogP contribution in [0.4, 0.5) is 16.2 Å². The lowest BCUT2D eigenvalue weighted by atomic mass is 10.0. The molecule has 166 valence electrons. The van der Waals surface area contributed by atoms with Gasteiger partial charge < -0.3 is 25.6 Å². The summed E-state index contributed by atoms with van der Waals surface area (Å²) in [7, 11) is 2.98. The van der Waals surface area contributed by atoms with Gasteiger partial charge in [-0.15, -0.1) is 0 Å². The first-order valence-corrected chi connectivity index (χ1v) is 10.1. The summed E-state index contributed by atoms with van der Waals surface area (Å²) in [6.07, 6.45) is 0. The number of halogens is 1. The minimum atomic E-state index is -0.804. The van der Waals surface area contributed by atoms with Gasteiger partial charge in [-0.1, -0.05) is 43.6 Å². The van der Waals surface area contributed by atoms with Crippen LogP contribution in [0.1, 0.15) is 13.8 Å². The lowest BCUT2D eigenvalue weighted by Gasteiger charge is -2.27. The molecular weight excluding hydrogens is 420 g/mol. The van der Waals surface area contributed by atoms with E-state index in [1.54, 1.807) is 42.5 Å². The quantitative estimate of drug-likeness (QED) is 0.576. The Morgan fingerprint density at radius 2 is 1.74 bits per heavy atom. The third-order valence-electron chi connectivity index (χ3n) is 4.44. The van der Waals surface area contributed by atoms with Crippen LogP contribution in [0.25, 0.3) is 0 Å². The normalized spacial score (nSPS) is 11.4. The fraction of sp³-hybridized carbons (Fsp3) is 0.318. The summed E-state index contributed by atoms with van der Waals surface area (Å²) in [4.78, 5) is 38.9. The Bertz CT molecular complexity index is 921. The first-order chi connectivity index (χ1) is 14.7. The van der Waals surface area contributed by atoms with Crippen molar-refractivity contribution in [3.8, 4) is 5.75 Å². The monoisotopic (exact) mass is 446 g/mol. The molecule has 2 rings (SSSR count). The van der Waals surface area contributed by atoms with E-state index >= 15 is 0 Å². The minimum absolute atomic E-state index is 0.187. The Labute approximate surface area is 186 Å². The smallest absolute Gasteiger partial charge is 0.319 e. The average Bonchev–Trinajstić information content (AvgIpc) is 2.72. The highest BCUT2D eigenvalue weighted by molar-refractivity contribution is 6.31. The Morgan fingerprint density at radius 3 is 2.35 bits per heavy atom. The van der Waals surface area contributed by atoms with Gasteiger partial charge >= 0.3 is 6.03 Å². The molecule has 3 N–H and O–H groups in total. The number of ether oxygens (including phenoxy) is 1. The maximum atomic E-state index is 12.9. The first kappa shape index (κ1) is 24.0. The van der Waals surface area contributed by atoms with Crippen molar-refractivity contribution in [2.24, 2.45) is 5.92 Å². The molecule has 1 unspecified atom stereocenters. The number of methoxy groups -OCH3 is 1. The number of para-hydroxylation sites is 1. The molecule has 0 aliphatic heterocycles. The molecule has 0 aliphatic rings. The van der Waals surface area contributed by atoms with Crippen molar-refractivity contribution in [3.05, 3.63) is 53.6 Å². The maximum absolute atomic E-state index is 12.9. The van der Waals surface area contributed by atoms with Gasteiger partial charge in [-0.3, -0.25) is 9.59 Å². The number of carbonyl (C=O) groups excluding carboxylic acids is 3. The molecule has 0 fully saturated rings. The molecule has 0 radical (unpaired) electrons. The van der Waals surface area contributed by atoms with Crippen LogP contribution in [0.2, 0.25) is 5.02 Å². The Balaban J connectivity index is 1.99. The molecule has 9 heteroatoms. The van der Waals surface area contributed by atoms with E-state index in [1.807, 2.05) is 19.9 Å². The lowest BCUT2D eigenvalue weighted by molar-refractivity contribution is -0.135. The number of carbonyl (C=O) groups is 3. The van der Waals surface area contributed by atoms with E-state index in [0.717, 1.165) is 0 Å². The highest BCUT2D eigenvalue weighted by atomic mass is 35.5. The van der Waals surface area contributed by atoms with Gasteiger partial charge in [0.1, 0.15) is 11.8 Å². The third-order valence-corrected chi connectivity index (χ3v) is 4.68. The van der Waals surface area contributed by atoms with E-state index in [9.17, 15) is 14.4 Å². The molecule has 2 aromatic rings. The molecular formula is C22H27ClN4O4. The molecule has 0 spiro atoms. The highest BCUT2D eigenvalue weighted by Crippen LogP contribution is 2.27. The standard InChI is InChI=1S/C22H27ClN4O4/c1-14(2)20(26-22(30)24-16-8-6-5-7-9-16)21(29)27(3)13-19(28)25-17-12-15(23)10-11-18(17)31-4/h5-12,14,20H,13H2,1-4H3,(H,25,28)(H2,24,26,30). The van der Waals surface area contributed by atoms with Gasteiger partial charge in [0.25, 0.3) is 0 Å². The molecule has 1 atom stereocenters. The second kappa shape index (κ2) is 11.2. The van der Waals surface area contributed by atoms with Crippen molar-refractivity contribution in [2.45, 2.75) is 19.9 Å². The summed E-state index contributed by atoms with van der Waals surface area (Å²) in [5.41, 5.74) is 1.01. The van der Waals surface area contributed by atoms with Gasteiger partial charge in [-0.2, -0.15) is 0 Å². The van der Waals surface area contributed by atoms with Crippen molar-refractivity contribution in [3.63, 3.8) is 0 Å². The summed E-state index contributed by atoms with van der Waals surface area (Å²) in [6.45, 7) is 3.42. The average molecular weight is 447 g/mol. The van der Waals surface area contributed by atoms with Crippen LogP contribution in [-0.4, -0.2) is 49.5 Å². The topological polar surface area (TPSA) is 99.8 Å². The number of nitrogens with zero attached hydrogens (tertiary/aromatic N) is 1. The number of hydrogen-bond donors (Lipinski definition) is 3. The largest absolute Gasteiger partial charge is 0.495 e. The second-order valence-electron chi connectivity index (χ2n) is 7.27. The second-order valence-corrected chi connectivity index (χ2v) is 7.71. The van der Waals surface area contributed by atoms with Crippen LogP contribution in [0, 0.1) is 5.92 Å². The predicted octanol–water partition coefficient (Wildman–Crippen LogP) is 3.59. The molecule has 31 heavy (non-hydrogen) atoms. The van der Waals surface area contributed by atoms with Crippen LogP contribution >= 0.6 is 11.6 Å². The van der Waals surface area contributed by atoms with Crippen molar-refractivity contribution >= 4 is 40.8 Å². The summed E-state index contributed by atoms with van der Waals surface area (Å²) in [5.74, 6) is -0.544. The molecule has 0 aromatic heterocycles. The van der Waals surface area contributed by atoms with Crippen LogP contribution < -0.4 is 20.7 Å². The van der Waals surface area contributed by atoms with Gasteiger partial charge in [0, 0.05) is 17.8 Å². The number of nitrogens with one attached hydrogen (secondary N) is 3. The number of benzene rings is 2. The zero-order chi connectivity index (χ0) is 23.0. The zero-order valence-electron chi connectivity index (χ0n) is 17.9. The minimum Gasteiger partial charge on any atom is -0.495 e. The molecule has 0 bridgehead atoms. The van der Waals surface area contributed by atoms with E-state index in [4.69, 9.17) is 16.3 Å². The van der Waals surface area contributed by atoms with E-state index < -0.39 is 18.0 Å². The van der Waals surface area contributed by atoms with Gasteiger partial charge in [0.15, 0.2) is 0 Å². The fourth-order valence-electron chi connectivity index (χ4n) is 2.84. The maximum Gasteiger partial charge on any atom is 0.319 e. The van der Waals surface area contributed by atoms with Crippen molar-refractivity contribution in [1.82, 2.24) is 10.2 Å². The molecule has 8 nitrogen and oxygen atoms in total. The van der Waals surface area contributed by atoms with Gasteiger partial charge in [-0.25, -0.2) is 4.79 Å². The van der Waals surface area contributed by atoms with Gasteiger partial charge in [-0.05, 0) is 36.2 Å². The molecule has 0 saturated heterocycles. The summed E-state index contributed by atoms with van der Waals surface area (Å²) in [6, 6.07) is 12.4. The zero-order valence-corrected chi connectivity index (χ0v) is 18.7. The number of hydrogen-bond acceptors (Lipinski definition) is 4. The summed E-state index contributed by atoms with van der Waals surface area (Å²) >= 11 is 5.98. The molecule has 4 amide bonds. The Hall–Kier alpha value is -3.26. The van der Waals surface area contributed by atoms with Gasteiger partial charge in [0.05, 0.1) is 19.3 Å². The Morgan fingerprint density at radius 1 is 1.06 bits per heavy atom. The SMILES string of the molecule is COc1ccc(Cl)cc1NC(=O)CN(C)C(=O)C(NC(=O)Nc1ccccc1)C(C)C. The van der Waals surface area contributed by atoms with E-state index in [0.29, 0.717) is 22.1 Å². The van der Waals surface area contributed by atoms with E-state index in [1.165, 1.54) is 19.1 Å². The van der Waals surface area contributed by atoms with Crippen molar-refractivity contribution < 1.29 is 19.1 Å². The highest BCUT2D eigenvalue weighted by Gasteiger charge is 2.28. The summed E-state index contributed by atoms with van der Waals surface area (Å²) in [5, 5.41) is 8.50. The Kier molecular flexibility index (Phi) is 8.69. The third kappa shape index (κ3) is 7.18. The first-order valence-electron chi connectivity index (χ1n) is 9.72. The molecule has 0 heterocycles. The number of amides is 4. The number of urea groups is 1. The predicted molar refractivity (Wildman–Crippen MR) is 121 cm³/mol. The van der Waals surface area contributed by atoms with Crippen LogP contribution in [0.3, 0.4) is 0 Å².